The number of piperazine rings is 1. The molecule has 1 aliphatic rings. The molecule has 1 aliphatic heterocycles. The van der Waals surface area contributed by atoms with Crippen LogP contribution >= 0.6 is 11.6 Å². The van der Waals surface area contributed by atoms with Gasteiger partial charge in [0.1, 0.15) is 0 Å². The van der Waals surface area contributed by atoms with Crippen molar-refractivity contribution in [2.75, 3.05) is 29.9 Å². The zero-order valence-electron chi connectivity index (χ0n) is 17.9. The number of fused-ring (bicyclic) bond motifs is 1. The third-order valence-electron chi connectivity index (χ3n) is 5.81. The van der Waals surface area contributed by atoms with Crippen molar-refractivity contribution >= 4 is 45.7 Å². The van der Waals surface area contributed by atoms with Crippen molar-refractivity contribution in [1.29, 1.82) is 0 Å². The summed E-state index contributed by atoms with van der Waals surface area (Å²) in [4.78, 5) is 26.8. The van der Waals surface area contributed by atoms with Gasteiger partial charge in [-0.3, -0.25) is 9.59 Å². The summed E-state index contributed by atoms with van der Waals surface area (Å²) in [6, 6.07) is 23.4. The third kappa shape index (κ3) is 4.43. The van der Waals surface area contributed by atoms with Crippen LogP contribution in [-0.4, -0.2) is 36.0 Å². The van der Waals surface area contributed by atoms with Crippen LogP contribution in [0.2, 0.25) is 5.02 Å². The van der Waals surface area contributed by atoms with E-state index in [9.17, 15) is 9.59 Å². The number of carbonyl (C=O) groups excluding carboxylic acids is 2. The zero-order valence-corrected chi connectivity index (χ0v) is 18.7. The average molecular weight is 459 g/mol. The summed E-state index contributed by atoms with van der Waals surface area (Å²) < 4.78 is 2.09. The highest BCUT2D eigenvalue weighted by Gasteiger charge is 2.20. The fourth-order valence-corrected chi connectivity index (χ4v) is 4.52. The van der Waals surface area contributed by atoms with E-state index in [-0.39, 0.29) is 18.4 Å². The Morgan fingerprint density at radius 1 is 1.03 bits per heavy atom. The first-order valence-electron chi connectivity index (χ1n) is 10.8. The molecule has 0 saturated carbocycles. The molecule has 166 valence electrons. The number of hydrogen-bond acceptors (Lipinski definition) is 3. The van der Waals surface area contributed by atoms with E-state index in [4.69, 9.17) is 11.6 Å². The minimum absolute atomic E-state index is 0.0263. The van der Waals surface area contributed by atoms with Gasteiger partial charge in [0.2, 0.25) is 5.91 Å². The molecule has 7 heteroatoms. The van der Waals surface area contributed by atoms with Crippen molar-refractivity contribution in [3.8, 4) is 0 Å². The molecule has 0 spiro atoms. The van der Waals surface area contributed by atoms with Crippen LogP contribution in [0.4, 0.5) is 11.4 Å². The normalized spacial score (nSPS) is 13.7. The molecule has 5 rings (SSSR count). The lowest BCUT2D eigenvalue weighted by molar-refractivity contribution is -0.120. The average Bonchev–Trinajstić information content (AvgIpc) is 3.18. The van der Waals surface area contributed by atoms with Crippen molar-refractivity contribution < 1.29 is 9.59 Å². The van der Waals surface area contributed by atoms with E-state index in [0.29, 0.717) is 35.9 Å². The molecule has 2 N–H and O–H groups in total. The number of amides is 2. The van der Waals surface area contributed by atoms with Gasteiger partial charge in [0.05, 0.1) is 22.8 Å². The number of halogens is 1. The van der Waals surface area contributed by atoms with E-state index in [1.807, 2.05) is 65.7 Å². The largest absolute Gasteiger partial charge is 0.359 e. The minimum Gasteiger partial charge on any atom is -0.359 e. The molecule has 0 atom stereocenters. The quantitative estimate of drug-likeness (QED) is 0.461. The smallest absolute Gasteiger partial charge is 0.257 e. The number of rotatable bonds is 5. The maximum atomic E-state index is 13.2. The molecule has 0 bridgehead atoms. The molecule has 33 heavy (non-hydrogen) atoms. The molecule has 1 aromatic heterocycles. The Hall–Kier alpha value is -3.77. The first kappa shape index (κ1) is 21.1. The van der Waals surface area contributed by atoms with Crippen LogP contribution in [0.15, 0.2) is 79.0 Å². The first-order valence-corrected chi connectivity index (χ1v) is 11.2. The number of nitrogens with one attached hydrogen (secondary N) is 2. The molecule has 1 saturated heterocycles. The van der Waals surface area contributed by atoms with Gasteiger partial charge in [0.25, 0.3) is 5.91 Å². The fraction of sp³-hybridized carbons (Fsp3) is 0.154. The molecule has 4 aromatic rings. The van der Waals surface area contributed by atoms with Crippen molar-refractivity contribution in [3.63, 3.8) is 0 Å². The molecule has 2 amide bonds. The SMILES string of the molecule is O=C1CN(c2ccc(NC(=O)c3cn(Cc4ccccc4)c4ccccc34)cc2Cl)CCN1. The van der Waals surface area contributed by atoms with Crippen LogP contribution in [0.3, 0.4) is 0 Å². The third-order valence-corrected chi connectivity index (χ3v) is 6.12. The highest BCUT2D eigenvalue weighted by molar-refractivity contribution is 6.33. The van der Waals surface area contributed by atoms with Gasteiger partial charge in [-0.2, -0.15) is 0 Å². The standard InChI is InChI=1S/C26H23ClN4O2/c27-22-14-19(10-11-24(22)30-13-12-28-25(32)17-30)29-26(33)21-16-31(15-18-6-2-1-3-7-18)23-9-5-4-8-20(21)23/h1-11,14,16H,12-13,15,17H2,(H,28,32)(H,29,33). The second kappa shape index (κ2) is 9.00. The zero-order chi connectivity index (χ0) is 22.8. The van der Waals surface area contributed by atoms with Crippen LogP contribution in [-0.2, 0) is 11.3 Å². The Kier molecular flexibility index (Phi) is 5.75. The molecule has 0 aliphatic carbocycles. The highest BCUT2D eigenvalue weighted by atomic mass is 35.5. The summed E-state index contributed by atoms with van der Waals surface area (Å²) in [6.07, 6.45) is 1.90. The van der Waals surface area contributed by atoms with E-state index in [0.717, 1.165) is 16.6 Å². The maximum absolute atomic E-state index is 13.2. The van der Waals surface area contributed by atoms with Crippen LogP contribution in [0, 0.1) is 0 Å². The summed E-state index contributed by atoms with van der Waals surface area (Å²) in [6.45, 7) is 2.23. The minimum atomic E-state index is -0.195. The molecular formula is C26H23ClN4O2. The number of hydrogen-bond donors (Lipinski definition) is 2. The molecule has 0 radical (unpaired) electrons. The number of para-hydroxylation sites is 1. The molecule has 0 unspecified atom stereocenters. The maximum Gasteiger partial charge on any atom is 0.257 e. The lowest BCUT2D eigenvalue weighted by Gasteiger charge is -2.29. The Labute approximate surface area is 196 Å². The second-order valence-electron chi connectivity index (χ2n) is 8.07. The van der Waals surface area contributed by atoms with Gasteiger partial charge in [-0.15, -0.1) is 0 Å². The Bertz CT molecular complexity index is 1330. The van der Waals surface area contributed by atoms with Gasteiger partial charge in [-0.05, 0) is 29.8 Å². The van der Waals surface area contributed by atoms with Gasteiger partial charge >= 0.3 is 0 Å². The lowest BCUT2D eigenvalue weighted by Crippen LogP contribution is -2.47. The Morgan fingerprint density at radius 3 is 2.61 bits per heavy atom. The number of aromatic nitrogens is 1. The van der Waals surface area contributed by atoms with Gasteiger partial charge < -0.3 is 20.1 Å². The summed E-state index contributed by atoms with van der Waals surface area (Å²) in [5, 5.41) is 7.17. The van der Waals surface area contributed by atoms with Gasteiger partial charge in [0, 0.05) is 42.4 Å². The summed E-state index contributed by atoms with van der Waals surface area (Å²) in [7, 11) is 0. The van der Waals surface area contributed by atoms with Crippen LogP contribution < -0.4 is 15.5 Å². The number of nitrogens with zero attached hydrogens (tertiary/aromatic N) is 2. The van der Waals surface area contributed by atoms with E-state index in [1.165, 1.54) is 5.56 Å². The van der Waals surface area contributed by atoms with Gasteiger partial charge in [-0.1, -0.05) is 60.1 Å². The van der Waals surface area contributed by atoms with Crippen molar-refractivity contribution in [2.45, 2.75) is 6.54 Å². The highest BCUT2D eigenvalue weighted by Crippen LogP contribution is 2.30. The monoisotopic (exact) mass is 458 g/mol. The van der Waals surface area contributed by atoms with E-state index in [2.05, 4.69) is 27.3 Å². The Morgan fingerprint density at radius 2 is 1.82 bits per heavy atom. The number of carbonyl (C=O) groups is 2. The van der Waals surface area contributed by atoms with E-state index in [1.54, 1.807) is 6.07 Å². The molecule has 2 heterocycles. The predicted octanol–water partition coefficient (Wildman–Crippen LogP) is 4.53. The number of anilines is 2. The molecule has 6 nitrogen and oxygen atoms in total. The Balaban J connectivity index is 1.39. The topological polar surface area (TPSA) is 66.4 Å². The van der Waals surface area contributed by atoms with Crippen LogP contribution in [0.25, 0.3) is 10.9 Å². The summed E-state index contributed by atoms with van der Waals surface area (Å²) >= 11 is 6.50. The number of benzene rings is 3. The van der Waals surface area contributed by atoms with Gasteiger partial charge in [-0.25, -0.2) is 0 Å². The van der Waals surface area contributed by atoms with Crippen LogP contribution in [0.5, 0.6) is 0 Å². The summed E-state index contributed by atoms with van der Waals surface area (Å²) in [5.74, 6) is -0.222. The molecule has 1 fully saturated rings. The molecule has 3 aromatic carbocycles. The predicted molar refractivity (Wildman–Crippen MR) is 132 cm³/mol. The summed E-state index contributed by atoms with van der Waals surface area (Å²) in [5.41, 5.74) is 4.16. The van der Waals surface area contributed by atoms with E-state index >= 15 is 0 Å². The van der Waals surface area contributed by atoms with Crippen molar-refractivity contribution in [3.05, 3.63) is 95.1 Å². The fourth-order valence-electron chi connectivity index (χ4n) is 4.22. The van der Waals surface area contributed by atoms with Crippen molar-refractivity contribution in [2.24, 2.45) is 0 Å². The first-order chi connectivity index (χ1) is 16.1. The second-order valence-corrected chi connectivity index (χ2v) is 8.47. The van der Waals surface area contributed by atoms with E-state index < -0.39 is 0 Å². The lowest BCUT2D eigenvalue weighted by atomic mass is 10.1. The molecular weight excluding hydrogens is 436 g/mol. The van der Waals surface area contributed by atoms with Gasteiger partial charge in [0.15, 0.2) is 0 Å². The van der Waals surface area contributed by atoms with Crippen LogP contribution in [0.1, 0.15) is 15.9 Å². The van der Waals surface area contributed by atoms with Crippen molar-refractivity contribution in [1.82, 2.24) is 9.88 Å².